The van der Waals surface area contributed by atoms with Crippen molar-refractivity contribution >= 4 is 23.9 Å². The maximum Gasteiger partial charge on any atom is 0.341 e. The maximum atomic E-state index is 12.0. The van der Waals surface area contributed by atoms with Gasteiger partial charge in [-0.2, -0.15) is 0 Å². The molecule has 12 heteroatoms. The van der Waals surface area contributed by atoms with Crippen LogP contribution in [0, 0.1) is 0 Å². The molecule has 2 atom stereocenters. The molecule has 0 saturated carbocycles. The third-order valence-electron chi connectivity index (χ3n) is 7.11. The van der Waals surface area contributed by atoms with Crippen LogP contribution in [0.1, 0.15) is 36.1 Å². The highest BCUT2D eigenvalue weighted by atomic mass is 16.6. The van der Waals surface area contributed by atoms with E-state index >= 15 is 0 Å². The molecule has 4 aromatic carbocycles. The van der Waals surface area contributed by atoms with E-state index in [-0.39, 0.29) is 13.2 Å². The fourth-order valence-electron chi connectivity index (χ4n) is 4.79. The normalized spacial score (nSPS) is 11.8. The summed E-state index contributed by atoms with van der Waals surface area (Å²) in [5.74, 6) is -1.25. The van der Waals surface area contributed by atoms with E-state index in [1.54, 1.807) is 48.5 Å². The first kappa shape index (κ1) is 36.8. The molecular weight excluding hydrogens is 648 g/mol. The van der Waals surface area contributed by atoms with Crippen LogP contribution in [0.15, 0.2) is 97.1 Å². The first-order valence-electron chi connectivity index (χ1n) is 15.7. The summed E-state index contributed by atoms with van der Waals surface area (Å²) in [4.78, 5) is 45.3. The zero-order valence-corrected chi connectivity index (χ0v) is 27.6. The number of carbonyl (C=O) groups excluding carboxylic acids is 2. The second-order valence-electron chi connectivity index (χ2n) is 11.2. The lowest BCUT2D eigenvalue weighted by Gasteiger charge is -2.26. The Morgan fingerprint density at radius 2 is 0.720 bits per heavy atom. The number of hydrogen-bond donors (Lipinski definition) is 2. The van der Waals surface area contributed by atoms with E-state index in [2.05, 4.69) is 0 Å². The number of carboxylic acid groups (broad SMARTS) is 2. The van der Waals surface area contributed by atoms with Crippen LogP contribution in [0.25, 0.3) is 0 Å². The predicted molar refractivity (Wildman–Crippen MR) is 180 cm³/mol. The molecular formula is C38H38O12. The molecule has 0 saturated heterocycles. The zero-order valence-electron chi connectivity index (χ0n) is 27.6. The highest BCUT2D eigenvalue weighted by Crippen LogP contribution is 2.21. The van der Waals surface area contributed by atoms with E-state index in [0.29, 0.717) is 35.8 Å². The molecule has 0 unspecified atom stereocenters. The van der Waals surface area contributed by atoms with Crippen molar-refractivity contribution in [3.8, 4) is 23.0 Å². The molecule has 0 fully saturated rings. The van der Waals surface area contributed by atoms with Crippen molar-refractivity contribution in [2.24, 2.45) is 0 Å². The van der Waals surface area contributed by atoms with Crippen LogP contribution in [0.3, 0.4) is 0 Å². The number of carboxylic acids is 2. The van der Waals surface area contributed by atoms with Crippen LogP contribution in [-0.4, -0.2) is 72.7 Å². The highest BCUT2D eigenvalue weighted by molar-refractivity contribution is 5.69. The molecule has 0 heterocycles. The summed E-state index contributed by atoms with van der Waals surface area (Å²) in [5, 5.41) is 17.5. The van der Waals surface area contributed by atoms with Crippen LogP contribution in [0.5, 0.6) is 23.0 Å². The van der Waals surface area contributed by atoms with Crippen molar-refractivity contribution in [2.75, 3.05) is 26.4 Å². The Hall–Kier alpha value is -6.04. The maximum absolute atomic E-state index is 12.0. The molecule has 0 spiro atoms. The van der Waals surface area contributed by atoms with Crippen LogP contribution in [0.4, 0.5) is 0 Å². The van der Waals surface area contributed by atoms with Gasteiger partial charge in [-0.3, -0.25) is 9.59 Å². The van der Waals surface area contributed by atoms with Crippen LogP contribution in [-0.2, 0) is 41.5 Å². The summed E-state index contributed by atoms with van der Waals surface area (Å²) in [6, 6.07) is 29.0. The van der Waals surface area contributed by atoms with Crippen LogP contribution in [0.2, 0.25) is 0 Å². The summed E-state index contributed by atoms with van der Waals surface area (Å²) in [6.07, 6.45) is -0.665. The van der Waals surface area contributed by atoms with Gasteiger partial charge in [-0.05, 0) is 83.6 Å². The largest absolute Gasteiger partial charge is 0.490 e. The van der Waals surface area contributed by atoms with E-state index in [1.165, 1.54) is 13.8 Å². The number of carbonyl (C=O) groups is 4. The van der Waals surface area contributed by atoms with Gasteiger partial charge in [-0.1, -0.05) is 48.5 Å². The molecule has 262 valence electrons. The Labute approximate surface area is 289 Å². The molecule has 0 bridgehead atoms. The standard InChI is InChI=1S/C38H38O12/c1-25(39)49-35(21-45-31-11-3-27(4-12-31)19-29-7-15-33(16-8-29)47-23-37(41)42)36(50-26(2)40)22-46-32-13-5-28(6-14-32)20-30-9-17-34(18-10-30)48-24-38(43)44/h3-18,35-36H,19-24H2,1-2H3,(H,41,42)(H,43,44)/t35-,36-/m0/s1. The van der Waals surface area contributed by atoms with Gasteiger partial charge in [0, 0.05) is 13.8 Å². The van der Waals surface area contributed by atoms with E-state index in [9.17, 15) is 19.2 Å². The lowest BCUT2D eigenvalue weighted by molar-refractivity contribution is -0.170. The fraction of sp³-hybridized carbons (Fsp3) is 0.263. The summed E-state index contributed by atoms with van der Waals surface area (Å²) in [7, 11) is 0. The van der Waals surface area contributed by atoms with Gasteiger partial charge in [0.15, 0.2) is 25.4 Å². The van der Waals surface area contributed by atoms with Gasteiger partial charge in [-0.15, -0.1) is 0 Å². The van der Waals surface area contributed by atoms with Crippen molar-refractivity contribution in [1.29, 1.82) is 0 Å². The molecule has 4 aromatic rings. The average Bonchev–Trinajstić information content (AvgIpc) is 3.09. The van der Waals surface area contributed by atoms with Gasteiger partial charge in [-0.25, -0.2) is 9.59 Å². The van der Waals surface area contributed by atoms with Gasteiger partial charge in [0.05, 0.1) is 0 Å². The Morgan fingerprint density at radius 1 is 0.460 bits per heavy atom. The second kappa shape index (κ2) is 18.5. The van der Waals surface area contributed by atoms with Crippen molar-refractivity contribution in [1.82, 2.24) is 0 Å². The van der Waals surface area contributed by atoms with Crippen molar-refractivity contribution < 1.29 is 57.8 Å². The fourth-order valence-corrected chi connectivity index (χ4v) is 4.79. The van der Waals surface area contributed by atoms with Crippen LogP contribution >= 0.6 is 0 Å². The number of aliphatic carboxylic acids is 2. The first-order chi connectivity index (χ1) is 24.0. The van der Waals surface area contributed by atoms with Gasteiger partial charge >= 0.3 is 23.9 Å². The SMILES string of the molecule is CC(=O)O[C@@H](COc1ccc(Cc2ccc(OCC(=O)O)cc2)cc1)[C@H](COc1ccc(Cc2ccc(OCC(=O)O)cc2)cc1)OC(C)=O. The molecule has 4 rings (SSSR count). The Morgan fingerprint density at radius 3 is 0.960 bits per heavy atom. The van der Waals surface area contributed by atoms with Crippen molar-refractivity contribution in [3.05, 3.63) is 119 Å². The van der Waals surface area contributed by atoms with Crippen molar-refractivity contribution in [2.45, 2.75) is 38.9 Å². The summed E-state index contributed by atoms with van der Waals surface area (Å²) in [6.45, 7) is 1.50. The first-order valence-corrected chi connectivity index (χ1v) is 15.7. The summed E-state index contributed by atoms with van der Waals surface area (Å²) in [5.41, 5.74) is 4.02. The van der Waals surface area contributed by atoms with Gasteiger partial charge < -0.3 is 38.6 Å². The molecule has 50 heavy (non-hydrogen) atoms. The molecule has 0 radical (unpaired) electrons. The lowest BCUT2D eigenvalue weighted by Crippen LogP contribution is -2.42. The quantitative estimate of drug-likeness (QED) is 0.125. The van der Waals surface area contributed by atoms with Gasteiger partial charge in [0.1, 0.15) is 36.2 Å². The topological polar surface area (TPSA) is 164 Å². The second-order valence-corrected chi connectivity index (χ2v) is 11.2. The molecule has 0 aliphatic heterocycles. The number of benzene rings is 4. The van der Waals surface area contributed by atoms with Gasteiger partial charge in [0.2, 0.25) is 0 Å². The van der Waals surface area contributed by atoms with E-state index in [4.69, 9.17) is 38.6 Å². The summed E-state index contributed by atoms with van der Waals surface area (Å²) < 4.78 is 33.2. The third-order valence-corrected chi connectivity index (χ3v) is 7.11. The smallest absolute Gasteiger partial charge is 0.341 e. The molecule has 0 amide bonds. The molecule has 0 aliphatic carbocycles. The van der Waals surface area contributed by atoms with Crippen LogP contribution < -0.4 is 18.9 Å². The third kappa shape index (κ3) is 12.9. The summed E-state index contributed by atoms with van der Waals surface area (Å²) >= 11 is 0. The Bertz CT molecular complexity index is 1570. The number of esters is 2. The Balaban J connectivity index is 1.31. The lowest BCUT2D eigenvalue weighted by atomic mass is 10.0. The predicted octanol–water partition coefficient (Wildman–Crippen LogP) is 5.12. The van der Waals surface area contributed by atoms with Gasteiger partial charge in [0.25, 0.3) is 0 Å². The van der Waals surface area contributed by atoms with E-state index < -0.39 is 49.3 Å². The Kier molecular flexibility index (Phi) is 13.6. The molecule has 0 aliphatic rings. The number of hydrogen-bond acceptors (Lipinski definition) is 10. The minimum absolute atomic E-state index is 0.100. The highest BCUT2D eigenvalue weighted by Gasteiger charge is 2.29. The zero-order chi connectivity index (χ0) is 35.9. The number of ether oxygens (including phenoxy) is 6. The average molecular weight is 687 g/mol. The van der Waals surface area contributed by atoms with E-state index in [0.717, 1.165) is 22.3 Å². The molecule has 0 aromatic heterocycles. The minimum Gasteiger partial charge on any atom is -0.490 e. The minimum atomic E-state index is -1.04. The molecule has 12 nitrogen and oxygen atoms in total. The monoisotopic (exact) mass is 686 g/mol. The number of rotatable bonds is 19. The van der Waals surface area contributed by atoms with Crippen molar-refractivity contribution in [3.63, 3.8) is 0 Å². The molecule has 2 N–H and O–H groups in total. The van der Waals surface area contributed by atoms with E-state index in [1.807, 2.05) is 48.5 Å².